The van der Waals surface area contributed by atoms with Crippen LogP contribution < -0.4 is 19.4 Å². The average Bonchev–Trinajstić information content (AvgIpc) is 0.722. The van der Waals surface area contributed by atoms with Gasteiger partial charge in [0.05, 0.1) is 0 Å². The maximum absolute atomic E-state index is 8.55. The first-order valence-electron chi connectivity index (χ1n) is 0.730. The molecule has 0 heterocycles. The second-order valence-electron chi connectivity index (χ2n) is 0.447. The van der Waals surface area contributed by atoms with Gasteiger partial charge in [-0.3, -0.25) is 0 Å². The van der Waals surface area contributed by atoms with Gasteiger partial charge in [-0.1, -0.05) is 0 Å². The minimum atomic E-state index is -5.39. The second-order valence-corrected chi connectivity index (χ2v) is 1.34. The zero-order valence-corrected chi connectivity index (χ0v) is 6.71. The zero-order valence-electron chi connectivity index (χ0n) is 2.96. The monoisotopic (exact) mass is 234 g/mol. The summed E-state index contributed by atoms with van der Waals surface area (Å²) >= 11 is 0. The van der Waals surface area contributed by atoms with Crippen LogP contribution in [-0.4, -0.2) is 23.9 Å². The number of halogens is 1. The van der Waals surface area contributed by atoms with Gasteiger partial charge in [0.1, 0.15) is 0 Å². The Kier molecular flexibility index (Phi) is 11.2. The summed E-state index contributed by atoms with van der Waals surface area (Å²) in [5.74, 6) is 0. The molecule has 40 valence electrons. The van der Waals surface area contributed by atoms with Crippen LogP contribution in [0, 0.1) is 0 Å². The molecule has 0 bridgehead atoms. The topological polar surface area (TPSA) is 86.2 Å². The molecule has 0 atom stereocenters. The Bertz CT molecular complexity index is 57.8. The third-order valence-corrected chi connectivity index (χ3v) is 0. The third kappa shape index (κ3) is 228. The normalized spacial score (nSPS) is 8.43. The summed E-state index contributed by atoms with van der Waals surface area (Å²) in [4.78, 5) is 25.6. The van der Waals surface area contributed by atoms with Crippen molar-refractivity contribution in [1.29, 1.82) is 0 Å². The van der Waals surface area contributed by atoms with Crippen LogP contribution in [0.5, 0.6) is 0 Å². The molecule has 0 aromatic rings. The molecular formula is FO4PSn. The smallest absolute Gasteiger partial charge is 1.00 e. The van der Waals surface area contributed by atoms with Gasteiger partial charge in [0, 0.05) is 0 Å². The van der Waals surface area contributed by atoms with E-state index in [-0.39, 0.29) is 28.6 Å². The van der Waals surface area contributed by atoms with E-state index >= 15 is 0 Å². The van der Waals surface area contributed by atoms with Gasteiger partial charge in [0.25, 0.3) is 0 Å². The van der Waals surface area contributed by atoms with Gasteiger partial charge in [-0.15, -0.1) is 0 Å². The molecule has 0 aromatic carbocycles. The van der Waals surface area contributed by atoms with Gasteiger partial charge in [-0.2, -0.15) is 7.82 Å². The summed E-state index contributed by atoms with van der Waals surface area (Å²) < 4.78 is 8.55. The van der Waals surface area contributed by atoms with Gasteiger partial charge >= 0.3 is 23.9 Å². The Morgan fingerprint density at radius 3 is 1.14 bits per heavy atom. The molecule has 0 aromatic heterocycles. The molecule has 0 rings (SSSR count). The van der Waals surface area contributed by atoms with Crippen LogP contribution in [0.3, 0.4) is 0 Å². The van der Waals surface area contributed by atoms with Crippen LogP contribution in [0.2, 0.25) is 0 Å². The minimum Gasteiger partial charge on any atom is -1.00 e. The van der Waals surface area contributed by atoms with Crippen LogP contribution in [-0.2, 0) is 4.57 Å². The Hall–Kier alpha value is 0.839. The van der Waals surface area contributed by atoms with E-state index in [1.54, 1.807) is 0 Å². The first-order chi connectivity index (χ1) is 2.00. The molecule has 0 unspecified atom stereocenters. The minimum absolute atomic E-state index is 0. The van der Waals surface area contributed by atoms with Crippen LogP contribution in [0.4, 0.5) is 0 Å². The Balaban J connectivity index is -0.0000000800. The molecule has 0 amide bonds. The number of hydrogen-bond donors (Lipinski definition) is 0. The molecule has 0 saturated heterocycles. The summed E-state index contributed by atoms with van der Waals surface area (Å²) in [6.45, 7) is 0. The van der Waals surface area contributed by atoms with Crippen LogP contribution in [0.25, 0.3) is 0 Å². The molecule has 0 saturated carbocycles. The zero-order chi connectivity index (χ0) is 4.50. The summed E-state index contributed by atoms with van der Waals surface area (Å²) in [5, 5.41) is 0. The van der Waals surface area contributed by atoms with E-state index in [1.807, 2.05) is 0 Å². The predicted octanol–water partition coefficient (Wildman–Crippen LogP) is -6.20. The van der Waals surface area contributed by atoms with Crippen molar-refractivity contribution in [3.05, 3.63) is 0 Å². The van der Waals surface area contributed by atoms with Crippen molar-refractivity contribution in [2.45, 2.75) is 0 Å². The number of hydrogen-bond acceptors (Lipinski definition) is 4. The first-order valence-corrected chi connectivity index (χ1v) is 2.19. The fourth-order valence-electron chi connectivity index (χ4n) is 0. The largest absolute Gasteiger partial charge is 4.00 e. The molecule has 0 aliphatic rings. The van der Waals surface area contributed by atoms with Crippen molar-refractivity contribution in [2.75, 3.05) is 0 Å². The van der Waals surface area contributed by atoms with E-state index in [0.29, 0.717) is 0 Å². The van der Waals surface area contributed by atoms with Gasteiger partial charge in [-0.25, -0.2) is 0 Å². The molecule has 0 N–H and O–H groups in total. The van der Waals surface area contributed by atoms with Gasteiger partial charge in [0.15, 0.2) is 0 Å². The second kappa shape index (κ2) is 4.98. The van der Waals surface area contributed by atoms with E-state index < -0.39 is 7.82 Å². The van der Waals surface area contributed by atoms with Crippen molar-refractivity contribution in [1.82, 2.24) is 0 Å². The Labute approximate surface area is 56.1 Å². The van der Waals surface area contributed by atoms with E-state index in [1.165, 1.54) is 0 Å². The van der Waals surface area contributed by atoms with Crippen molar-refractivity contribution in [2.24, 2.45) is 0 Å². The summed E-state index contributed by atoms with van der Waals surface area (Å²) in [5.41, 5.74) is 0. The molecule has 0 aliphatic carbocycles. The van der Waals surface area contributed by atoms with Crippen molar-refractivity contribution in [3.63, 3.8) is 0 Å². The third-order valence-electron chi connectivity index (χ3n) is 0. The Morgan fingerprint density at radius 2 is 1.14 bits per heavy atom. The van der Waals surface area contributed by atoms with E-state index in [0.717, 1.165) is 0 Å². The SMILES string of the molecule is O=P([O-])([O-])[O-].[F-].[Sn+4]. The molecule has 7 heavy (non-hydrogen) atoms. The molecule has 4 nitrogen and oxygen atoms in total. The molecule has 0 fully saturated rings. The summed E-state index contributed by atoms with van der Waals surface area (Å²) in [6, 6.07) is 0. The van der Waals surface area contributed by atoms with Gasteiger partial charge in [-0.05, 0) is 0 Å². The average molecular weight is 233 g/mol. The van der Waals surface area contributed by atoms with Crippen molar-refractivity contribution >= 4 is 31.7 Å². The van der Waals surface area contributed by atoms with Crippen molar-refractivity contribution in [3.8, 4) is 0 Å². The predicted molar refractivity (Wildman–Crippen MR) is 13.4 cm³/mol. The number of rotatable bonds is 0. The van der Waals surface area contributed by atoms with Crippen molar-refractivity contribution < 1.29 is 23.9 Å². The molecule has 0 aliphatic heterocycles. The van der Waals surface area contributed by atoms with Crippen LogP contribution in [0.15, 0.2) is 0 Å². The maximum atomic E-state index is 8.55. The van der Waals surface area contributed by atoms with E-state index in [4.69, 9.17) is 19.2 Å². The molecular weight excluding hydrogens is 233 g/mol. The summed E-state index contributed by atoms with van der Waals surface area (Å²) in [7, 11) is -5.39. The first kappa shape index (κ1) is 15.7. The van der Waals surface area contributed by atoms with E-state index in [9.17, 15) is 0 Å². The molecule has 0 spiro atoms. The molecule has 7 heteroatoms. The fraction of sp³-hybridized carbons (Fsp3) is 0. The fourth-order valence-corrected chi connectivity index (χ4v) is 0. The van der Waals surface area contributed by atoms with E-state index in [2.05, 4.69) is 0 Å². The summed E-state index contributed by atoms with van der Waals surface area (Å²) in [6.07, 6.45) is 0. The maximum Gasteiger partial charge on any atom is 4.00 e. The van der Waals surface area contributed by atoms with Gasteiger partial charge < -0.3 is 23.9 Å². The standard InChI is InChI=1S/FH.H3O4P.Sn/c;1-5(2,3)4;/h1H;(H3,1,2,3,4);/q;;+4/p-4. The number of phosphoric acid groups is 1. The Morgan fingerprint density at radius 1 is 1.14 bits per heavy atom. The van der Waals surface area contributed by atoms with Crippen LogP contribution in [0.1, 0.15) is 0 Å². The van der Waals surface area contributed by atoms with Gasteiger partial charge in [0.2, 0.25) is 0 Å². The quantitative estimate of drug-likeness (QED) is 0.307. The van der Waals surface area contributed by atoms with Crippen LogP contribution >= 0.6 is 7.82 Å². The molecule has 0 radical (unpaired) electrons.